The van der Waals surface area contributed by atoms with Crippen LogP contribution in [0.4, 0.5) is 5.82 Å². The van der Waals surface area contributed by atoms with Crippen LogP contribution in [-0.2, 0) is 6.42 Å². The number of ether oxygens (including phenoxy) is 1. The fourth-order valence-corrected chi connectivity index (χ4v) is 1.78. The Morgan fingerprint density at radius 3 is 2.62 bits per heavy atom. The van der Waals surface area contributed by atoms with Gasteiger partial charge in [-0.3, -0.25) is 4.79 Å². The van der Waals surface area contributed by atoms with E-state index in [1.54, 1.807) is 12.1 Å². The molecule has 1 aromatic carbocycles. The molecule has 0 aliphatic carbocycles. The van der Waals surface area contributed by atoms with E-state index in [4.69, 9.17) is 4.74 Å². The molecule has 108 valence electrons. The van der Waals surface area contributed by atoms with Gasteiger partial charge >= 0.3 is 5.82 Å². The Kier molecular flexibility index (Phi) is 4.61. The van der Waals surface area contributed by atoms with Crippen LogP contribution < -0.4 is 4.74 Å². The predicted molar refractivity (Wildman–Crippen MR) is 76.5 cm³/mol. The van der Waals surface area contributed by atoms with Crippen molar-refractivity contribution in [1.29, 1.82) is 0 Å². The van der Waals surface area contributed by atoms with Crippen molar-refractivity contribution >= 4 is 11.6 Å². The van der Waals surface area contributed by atoms with Crippen LogP contribution in [0.1, 0.15) is 22.8 Å². The summed E-state index contributed by atoms with van der Waals surface area (Å²) in [4.78, 5) is 25.7. The summed E-state index contributed by atoms with van der Waals surface area (Å²) >= 11 is 0. The zero-order valence-electron chi connectivity index (χ0n) is 11.5. The van der Waals surface area contributed by atoms with Crippen molar-refractivity contribution in [2.24, 2.45) is 0 Å². The smallest absolute Gasteiger partial charge is 0.406 e. The van der Waals surface area contributed by atoms with Crippen LogP contribution in [0.2, 0.25) is 0 Å². The first kappa shape index (κ1) is 14.6. The van der Waals surface area contributed by atoms with Gasteiger partial charge in [0.1, 0.15) is 6.20 Å². The third-order valence-electron chi connectivity index (χ3n) is 2.97. The minimum atomic E-state index is -0.643. The van der Waals surface area contributed by atoms with Gasteiger partial charge in [0.05, 0.1) is 0 Å². The Morgan fingerprint density at radius 1 is 1.29 bits per heavy atom. The number of aryl methyl sites for hydroxylation is 1. The van der Waals surface area contributed by atoms with Crippen LogP contribution in [-0.4, -0.2) is 22.3 Å². The molecule has 0 saturated carbocycles. The molecule has 0 saturated heterocycles. The summed E-state index contributed by atoms with van der Waals surface area (Å²) in [5.74, 6) is -0.650. The number of nitrogens with zero attached hydrogens (tertiary/aromatic N) is 2. The first-order chi connectivity index (χ1) is 10.1. The molecule has 6 heteroatoms. The van der Waals surface area contributed by atoms with Gasteiger partial charge in [-0.2, -0.15) is 0 Å². The Hall–Kier alpha value is -2.76. The lowest BCUT2D eigenvalue weighted by Gasteiger charge is -2.06. The van der Waals surface area contributed by atoms with E-state index in [0.717, 1.165) is 12.0 Å². The molecule has 0 amide bonds. The average molecular weight is 286 g/mol. The van der Waals surface area contributed by atoms with Crippen LogP contribution in [0, 0.1) is 10.1 Å². The largest absolute Gasteiger partial charge is 0.477 e. The molecule has 0 unspecified atom stereocenters. The molecule has 1 heterocycles. The lowest BCUT2D eigenvalue weighted by atomic mass is 10.1. The van der Waals surface area contributed by atoms with Gasteiger partial charge in [-0.05, 0) is 34.0 Å². The maximum Gasteiger partial charge on any atom is 0.406 e. The van der Waals surface area contributed by atoms with Gasteiger partial charge in [0.15, 0.2) is 12.4 Å². The molecule has 1 aromatic heterocycles. The van der Waals surface area contributed by atoms with Crippen molar-refractivity contribution in [2.75, 3.05) is 6.61 Å². The number of rotatable bonds is 6. The van der Waals surface area contributed by atoms with Crippen molar-refractivity contribution in [3.05, 3.63) is 63.8 Å². The zero-order chi connectivity index (χ0) is 15.2. The number of nitro groups is 1. The topological polar surface area (TPSA) is 82.3 Å². The monoisotopic (exact) mass is 286 g/mol. The summed E-state index contributed by atoms with van der Waals surface area (Å²) in [6, 6.07) is 10.1. The van der Waals surface area contributed by atoms with Crippen LogP contribution in [0.3, 0.4) is 0 Å². The Morgan fingerprint density at radius 2 is 2.00 bits per heavy atom. The van der Waals surface area contributed by atoms with E-state index in [9.17, 15) is 14.9 Å². The first-order valence-corrected chi connectivity index (χ1v) is 6.46. The summed E-state index contributed by atoms with van der Waals surface area (Å²) in [6.45, 7) is 1.76. The SMILES string of the molecule is CCc1ccc(C(=O)COc2cccnc2[N+](=O)[O-])cc1. The van der Waals surface area contributed by atoms with Crippen molar-refractivity contribution in [3.63, 3.8) is 0 Å². The molecule has 0 bridgehead atoms. The highest BCUT2D eigenvalue weighted by atomic mass is 16.6. The molecule has 2 rings (SSSR count). The number of Topliss-reactive ketones (excluding diaryl/α,β-unsaturated/α-hetero) is 1. The van der Waals surface area contributed by atoms with E-state index >= 15 is 0 Å². The predicted octanol–water partition coefficient (Wildman–Crippen LogP) is 2.81. The van der Waals surface area contributed by atoms with E-state index in [1.165, 1.54) is 18.3 Å². The van der Waals surface area contributed by atoms with E-state index in [-0.39, 0.29) is 18.1 Å². The van der Waals surface area contributed by atoms with E-state index < -0.39 is 10.7 Å². The number of benzene rings is 1. The number of pyridine rings is 1. The molecule has 0 aliphatic heterocycles. The van der Waals surface area contributed by atoms with Gasteiger partial charge in [0.25, 0.3) is 0 Å². The second-order valence-electron chi connectivity index (χ2n) is 4.34. The minimum Gasteiger partial charge on any atom is -0.477 e. The number of ketones is 1. The molecular formula is C15H14N2O4. The van der Waals surface area contributed by atoms with E-state index in [1.807, 2.05) is 19.1 Å². The highest BCUT2D eigenvalue weighted by Crippen LogP contribution is 2.23. The van der Waals surface area contributed by atoms with Crippen LogP contribution in [0.25, 0.3) is 0 Å². The summed E-state index contributed by atoms with van der Waals surface area (Å²) in [5.41, 5.74) is 1.65. The maximum atomic E-state index is 12.0. The third-order valence-corrected chi connectivity index (χ3v) is 2.97. The molecule has 0 N–H and O–H groups in total. The number of carbonyl (C=O) groups excluding carboxylic acids is 1. The quantitative estimate of drug-likeness (QED) is 0.463. The van der Waals surface area contributed by atoms with Gasteiger partial charge in [-0.1, -0.05) is 31.2 Å². The molecule has 21 heavy (non-hydrogen) atoms. The summed E-state index contributed by atoms with van der Waals surface area (Å²) in [6.07, 6.45) is 2.20. The zero-order valence-corrected chi connectivity index (χ0v) is 11.5. The van der Waals surface area contributed by atoms with Crippen LogP contribution >= 0.6 is 0 Å². The molecule has 0 atom stereocenters. The number of aromatic nitrogens is 1. The van der Waals surface area contributed by atoms with Gasteiger partial charge in [0, 0.05) is 5.56 Å². The van der Waals surface area contributed by atoms with E-state index in [2.05, 4.69) is 4.98 Å². The Bertz CT molecular complexity index is 653. The fourth-order valence-electron chi connectivity index (χ4n) is 1.78. The summed E-state index contributed by atoms with van der Waals surface area (Å²) in [5, 5.41) is 10.8. The van der Waals surface area contributed by atoms with Gasteiger partial charge in [0.2, 0.25) is 5.75 Å². The Labute approximate surface area is 121 Å². The first-order valence-electron chi connectivity index (χ1n) is 6.46. The maximum absolute atomic E-state index is 12.0. The van der Waals surface area contributed by atoms with Gasteiger partial charge < -0.3 is 14.9 Å². The van der Waals surface area contributed by atoms with Gasteiger partial charge in [-0.25, -0.2) is 0 Å². The molecule has 0 radical (unpaired) electrons. The highest BCUT2D eigenvalue weighted by molar-refractivity contribution is 5.97. The summed E-state index contributed by atoms with van der Waals surface area (Å²) in [7, 11) is 0. The fraction of sp³-hybridized carbons (Fsp3) is 0.200. The molecule has 2 aromatic rings. The van der Waals surface area contributed by atoms with Crippen molar-refractivity contribution < 1.29 is 14.5 Å². The Balaban J connectivity index is 2.05. The highest BCUT2D eigenvalue weighted by Gasteiger charge is 2.17. The number of hydrogen-bond donors (Lipinski definition) is 0. The second-order valence-corrected chi connectivity index (χ2v) is 4.34. The lowest BCUT2D eigenvalue weighted by Crippen LogP contribution is -2.12. The molecule has 0 fully saturated rings. The molecular weight excluding hydrogens is 272 g/mol. The molecule has 0 spiro atoms. The molecule has 6 nitrogen and oxygen atoms in total. The average Bonchev–Trinajstić information content (AvgIpc) is 2.52. The lowest BCUT2D eigenvalue weighted by molar-refractivity contribution is -0.390. The van der Waals surface area contributed by atoms with Crippen LogP contribution in [0.5, 0.6) is 5.75 Å². The van der Waals surface area contributed by atoms with Crippen molar-refractivity contribution in [2.45, 2.75) is 13.3 Å². The molecule has 0 aliphatic rings. The summed E-state index contributed by atoms with van der Waals surface area (Å²) < 4.78 is 5.22. The number of carbonyl (C=O) groups is 1. The van der Waals surface area contributed by atoms with E-state index in [0.29, 0.717) is 5.56 Å². The van der Waals surface area contributed by atoms with Crippen molar-refractivity contribution in [3.8, 4) is 5.75 Å². The van der Waals surface area contributed by atoms with Crippen molar-refractivity contribution in [1.82, 2.24) is 4.98 Å². The standard InChI is InChI=1S/C15H14N2O4/c1-2-11-5-7-12(8-6-11)13(18)10-21-14-4-3-9-16-15(14)17(19)20/h3-9H,2,10H2,1H3. The number of hydrogen-bond acceptors (Lipinski definition) is 5. The van der Waals surface area contributed by atoms with Crippen LogP contribution in [0.15, 0.2) is 42.6 Å². The second kappa shape index (κ2) is 6.60. The minimum absolute atomic E-state index is 0.0129. The normalized spacial score (nSPS) is 10.1. The van der Waals surface area contributed by atoms with Gasteiger partial charge in [-0.15, -0.1) is 0 Å². The third kappa shape index (κ3) is 3.62.